The quantitative estimate of drug-likeness (QED) is 0.761. The number of hydrogen-bond donors (Lipinski definition) is 2. The van der Waals surface area contributed by atoms with Crippen molar-refractivity contribution in [3.8, 4) is 0 Å². The number of anilines is 2. The van der Waals surface area contributed by atoms with Crippen LogP contribution in [0.2, 0.25) is 0 Å². The molecule has 3 rings (SSSR count). The monoisotopic (exact) mass is 322 g/mol. The zero-order valence-electron chi connectivity index (χ0n) is 12.6. The Kier molecular flexibility index (Phi) is 5.42. The molecule has 1 fully saturated rings. The van der Waals surface area contributed by atoms with E-state index in [1.54, 1.807) is 11.3 Å². The molecular weight excluding hydrogens is 300 g/mol. The van der Waals surface area contributed by atoms with Gasteiger partial charge in [0.25, 0.3) is 0 Å². The predicted octanol–water partition coefficient (Wildman–Crippen LogP) is 2.10. The Labute approximate surface area is 134 Å². The minimum atomic E-state index is 0.262. The van der Waals surface area contributed by atoms with Crippen molar-refractivity contribution in [1.29, 1.82) is 0 Å². The maximum atomic E-state index is 8.80. The highest BCUT2D eigenvalue weighted by Gasteiger charge is 2.18. The minimum Gasteiger partial charge on any atom is -0.396 e. The normalized spacial score (nSPS) is 15.4. The second-order valence-corrected chi connectivity index (χ2v) is 6.23. The molecule has 0 saturated carbocycles. The summed E-state index contributed by atoms with van der Waals surface area (Å²) < 4.78 is 6.58. The van der Waals surface area contributed by atoms with E-state index >= 15 is 0 Å². The van der Waals surface area contributed by atoms with Crippen LogP contribution in [0.3, 0.4) is 0 Å². The van der Waals surface area contributed by atoms with Crippen molar-refractivity contribution in [2.75, 3.05) is 49.7 Å². The lowest BCUT2D eigenvalue weighted by molar-refractivity contribution is 0.122. The minimum absolute atomic E-state index is 0.262. The van der Waals surface area contributed by atoms with Crippen LogP contribution in [-0.4, -0.2) is 54.5 Å². The van der Waals surface area contributed by atoms with E-state index in [1.807, 2.05) is 6.07 Å². The predicted molar refractivity (Wildman–Crippen MR) is 89.9 cm³/mol. The maximum Gasteiger partial charge on any atom is 0.225 e. The largest absolute Gasteiger partial charge is 0.396 e. The van der Waals surface area contributed by atoms with Gasteiger partial charge in [-0.2, -0.15) is 4.98 Å². The molecule has 0 aliphatic carbocycles. The highest BCUT2D eigenvalue weighted by molar-refractivity contribution is 7.17. The SMILES string of the molecule is OCCCCCNc1nc(N2CCOCC2)c2sccc2n1. The van der Waals surface area contributed by atoms with Crippen LogP contribution in [0.15, 0.2) is 11.4 Å². The molecule has 2 aromatic rings. The number of thiophene rings is 1. The zero-order chi connectivity index (χ0) is 15.2. The number of hydrogen-bond acceptors (Lipinski definition) is 7. The van der Waals surface area contributed by atoms with Crippen molar-refractivity contribution in [3.63, 3.8) is 0 Å². The van der Waals surface area contributed by atoms with Crippen molar-refractivity contribution < 1.29 is 9.84 Å². The van der Waals surface area contributed by atoms with Crippen LogP contribution in [-0.2, 0) is 4.74 Å². The van der Waals surface area contributed by atoms with Crippen molar-refractivity contribution in [2.24, 2.45) is 0 Å². The molecule has 2 aromatic heterocycles. The topological polar surface area (TPSA) is 70.5 Å². The van der Waals surface area contributed by atoms with Gasteiger partial charge in [0, 0.05) is 26.2 Å². The third-order valence-corrected chi connectivity index (χ3v) is 4.61. The van der Waals surface area contributed by atoms with E-state index in [1.165, 1.54) is 0 Å². The third kappa shape index (κ3) is 3.66. The fourth-order valence-electron chi connectivity index (χ4n) is 2.53. The van der Waals surface area contributed by atoms with Crippen LogP contribution >= 0.6 is 11.3 Å². The van der Waals surface area contributed by atoms with Gasteiger partial charge in [0.05, 0.1) is 23.4 Å². The van der Waals surface area contributed by atoms with Crippen LogP contribution in [0, 0.1) is 0 Å². The number of unbranched alkanes of at least 4 members (excludes halogenated alkanes) is 2. The Hall–Kier alpha value is -1.44. The first-order chi connectivity index (χ1) is 10.9. The summed E-state index contributed by atoms with van der Waals surface area (Å²) in [4.78, 5) is 11.6. The molecule has 0 amide bonds. The van der Waals surface area contributed by atoms with Crippen molar-refractivity contribution >= 4 is 33.3 Å². The molecule has 120 valence electrons. The van der Waals surface area contributed by atoms with E-state index in [-0.39, 0.29) is 6.61 Å². The lowest BCUT2D eigenvalue weighted by Gasteiger charge is -2.28. The average molecular weight is 322 g/mol. The second-order valence-electron chi connectivity index (χ2n) is 5.32. The highest BCUT2D eigenvalue weighted by atomic mass is 32.1. The van der Waals surface area contributed by atoms with Gasteiger partial charge in [-0.25, -0.2) is 4.98 Å². The number of rotatable bonds is 7. The molecule has 22 heavy (non-hydrogen) atoms. The molecule has 0 bridgehead atoms. The molecule has 3 heterocycles. The Morgan fingerprint density at radius 2 is 2.09 bits per heavy atom. The Morgan fingerprint density at radius 1 is 1.23 bits per heavy atom. The number of aliphatic hydroxyl groups is 1. The maximum absolute atomic E-state index is 8.80. The molecule has 7 heteroatoms. The summed E-state index contributed by atoms with van der Waals surface area (Å²) >= 11 is 1.69. The zero-order valence-corrected chi connectivity index (χ0v) is 13.4. The first kappa shape index (κ1) is 15.5. The van der Waals surface area contributed by atoms with Gasteiger partial charge < -0.3 is 20.1 Å². The number of ether oxygens (including phenoxy) is 1. The lowest BCUT2D eigenvalue weighted by atomic mass is 10.2. The van der Waals surface area contributed by atoms with Crippen molar-refractivity contribution in [2.45, 2.75) is 19.3 Å². The van der Waals surface area contributed by atoms with Gasteiger partial charge in [0.15, 0.2) is 5.82 Å². The lowest BCUT2D eigenvalue weighted by Crippen LogP contribution is -2.37. The smallest absolute Gasteiger partial charge is 0.225 e. The number of fused-ring (bicyclic) bond motifs is 1. The molecule has 1 aliphatic heterocycles. The van der Waals surface area contributed by atoms with Gasteiger partial charge in [-0.1, -0.05) is 0 Å². The van der Waals surface area contributed by atoms with E-state index in [4.69, 9.17) is 14.8 Å². The molecule has 0 spiro atoms. The van der Waals surface area contributed by atoms with Crippen LogP contribution in [0.5, 0.6) is 0 Å². The standard InChI is InChI=1S/C15H22N4O2S/c20-8-3-1-2-5-16-15-17-12-4-11-22-13(12)14(18-15)19-6-9-21-10-7-19/h4,11,20H,1-3,5-10H2,(H,16,17,18). The number of aromatic nitrogens is 2. The van der Waals surface area contributed by atoms with Crippen LogP contribution in [0.1, 0.15) is 19.3 Å². The molecule has 1 saturated heterocycles. The molecule has 0 atom stereocenters. The fourth-order valence-corrected chi connectivity index (χ4v) is 3.38. The second kappa shape index (κ2) is 7.71. The summed E-state index contributed by atoms with van der Waals surface area (Å²) in [6.07, 6.45) is 2.88. The van der Waals surface area contributed by atoms with Crippen LogP contribution < -0.4 is 10.2 Å². The summed E-state index contributed by atoms with van der Waals surface area (Å²) in [5.41, 5.74) is 0.999. The van der Waals surface area contributed by atoms with Gasteiger partial charge in [0.2, 0.25) is 5.95 Å². The van der Waals surface area contributed by atoms with Crippen LogP contribution in [0.4, 0.5) is 11.8 Å². The molecule has 6 nitrogen and oxygen atoms in total. The van der Waals surface area contributed by atoms with Crippen molar-refractivity contribution in [1.82, 2.24) is 9.97 Å². The molecule has 1 aliphatic rings. The van der Waals surface area contributed by atoms with E-state index in [0.717, 1.165) is 68.1 Å². The van der Waals surface area contributed by atoms with E-state index in [0.29, 0.717) is 5.95 Å². The van der Waals surface area contributed by atoms with E-state index in [9.17, 15) is 0 Å². The van der Waals surface area contributed by atoms with Crippen LogP contribution in [0.25, 0.3) is 10.2 Å². The average Bonchev–Trinajstić information content (AvgIpc) is 3.03. The van der Waals surface area contributed by atoms with Gasteiger partial charge in [-0.05, 0) is 30.7 Å². The van der Waals surface area contributed by atoms with E-state index in [2.05, 4.69) is 20.6 Å². The molecular formula is C15H22N4O2S. The number of nitrogens with one attached hydrogen (secondary N) is 1. The Morgan fingerprint density at radius 3 is 2.91 bits per heavy atom. The van der Waals surface area contributed by atoms with E-state index < -0.39 is 0 Å². The summed E-state index contributed by atoms with van der Waals surface area (Å²) in [6.45, 7) is 4.35. The Balaban J connectivity index is 1.73. The van der Waals surface area contributed by atoms with Crippen molar-refractivity contribution in [3.05, 3.63) is 11.4 Å². The first-order valence-corrected chi connectivity index (χ1v) is 8.69. The molecule has 2 N–H and O–H groups in total. The number of morpholine rings is 1. The summed E-state index contributed by atoms with van der Waals surface area (Å²) in [7, 11) is 0. The number of aliphatic hydroxyl groups excluding tert-OH is 1. The first-order valence-electron chi connectivity index (χ1n) is 7.81. The van der Waals surface area contributed by atoms with Gasteiger partial charge >= 0.3 is 0 Å². The van der Waals surface area contributed by atoms with Gasteiger partial charge in [0.1, 0.15) is 0 Å². The Bertz CT molecular complexity index is 598. The highest BCUT2D eigenvalue weighted by Crippen LogP contribution is 2.30. The molecule has 0 radical (unpaired) electrons. The summed E-state index contributed by atoms with van der Waals surface area (Å²) in [5, 5.41) is 14.2. The molecule has 0 aromatic carbocycles. The molecule has 0 unspecified atom stereocenters. The summed E-state index contributed by atoms with van der Waals surface area (Å²) in [6, 6.07) is 2.04. The number of nitrogens with zero attached hydrogens (tertiary/aromatic N) is 3. The third-order valence-electron chi connectivity index (χ3n) is 3.71. The van der Waals surface area contributed by atoms with Gasteiger partial charge in [-0.15, -0.1) is 11.3 Å². The fraction of sp³-hybridized carbons (Fsp3) is 0.600. The van der Waals surface area contributed by atoms with Gasteiger partial charge in [-0.3, -0.25) is 0 Å². The summed E-state index contributed by atoms with van der Waals surface area (Å²) in [5.74, 6) is 1.71.